The lowest BCUT2D eigenvalue weighted by atomic mass is 10.2. The fourth-order valence-corrected chi connectivity index (χ4v) is 2.00. The Morgan fingerprint density at radius 1 is 1.44 bits per heavy atom. The Labute approximate surface area is 99.9 Å². The molecule has 6 heteroatoms. The van der Waals surface area contributed by atoms with Gasteiger partial charge in [0, 0.05) is 4.47 Å². The summed E-state index contributed by atoms with van der Waals surface area (Å²) in [5, 5.41) is 7.34. The molecule has 84 valence electrons. The second-order valence-electron chi connectivity index (χ2n) is 3.06. The lowest BCUT2D eigenvalue weighted by molar-refractivity contribution is 0.0596. The smallest absolute Gasteiger partial charge is 0.356 e. The van der Waals surface area contributed by atoms with Crippen LogP contribution in [-0.4, -0.2) is 30.4 Å². The molecule has 0 amide bonds. The van der Waals surface area contributed by atoms with E-state index in [4.69, 9.17) is 4.74 Å². The molecule has 16 heavy (non-hydrogen) atoms. The maximum absolute atomic E-state index is 11.5. The van der Waals surface area contributed by atoms with Gasteiger partial charge in [-0.2, -0.15) is 5.10 Å². The van der Waals surface area contributed by atoms with Crippen LogP contribution in [0.25, 0.3) is 10.9 Å². The summed E-state index contributed by atoms with van der Waals surface area (Å²) >= 11 is 3.36. The lowest BCUT2D eigenvalue weighted by Gasteiger charge is -2.02. The van der Waals surface area contributed by atoms with Crippen LogP contribution in [0, 0.1) is 0 Å². The number of methoxy groups -OCH3 is 2. The second kappa shape index (κ2) is 4.13. The number of fused-ring (bicyclic) bond motifs is 1. The molecule has 1 aromatic heterocycles. The monoisotopic (exact) mass is 284 g/mol. The van der Waals surface area contributed by atoms with E-state index in [2.05, 4.69) is 30.9 Å². The first-order valence-electron chi connectivity index (χ1n) is 4.48. The van der Waals surface area contributed by atoms with E-state index >= 15 is 0 Å². The Kier molecular flexibility index (Phi) is 2.82. The van der Waals surface area contributed by atoms with Crippen molar-refractivity contribution in [3.8, 4) is 5.75 Å². The fourth-order valence-electron chi connectivity index (χ4n) is 1.48. The van der Waals surface area contributed by atoms with Crippen LogP contribution < -0.4 is 4.74 Å². The summed E-state index contributed by atoms with van der Waals surface area (Å²) in [4.78, 5) is 11.5. The summed E-state index contributed by atoms with van der Waals surface area (Å²) in [6.45, 7) is 0. The Morgan fingerprint density at radius 3 is 2.81 bits per heavy atom. The highest BCUT2D eigenvalue weighted by atomic mass is 79.9. The van der Waals surface area contributed by atoms with Crippen molar-refractivity contribution in [2.45, 2.75) is 0 Å². The van der Waals surface area contributed by atoms with Gasteiger partial charge >= 0.3 is 5.97 Å². The molecule has 0 fully saturated rings. The van der Waals surface area contributed by atoms with Crippen LogP contribution in [0.5, 0.6) is 5.75 Å². The number of esters is 1. The quantitative estimate of drug-likeness (QED) is 0.858. The molecule has 1 aromatic carbocycles. The predicted molar refractivity (Wildman–Crippen MR) is 61.7 cm³/mol. The summed E-state index contributed by atoms with van der Waals surface area (Å²) in [7, 11) is 2.87. The molecular formula is C10H9BrN2O3. The number of hydrogen-bond donors (Lipinski definition) is 1. The first-order chi connectivity index (χ1) is 7.69. The standard InChI is InChI=1S/C10H9BrN2O3/c1-15-6-4-3-5(11)7-8(6)12-13-9(7)10(14)16-2/h3-4H,1-2H3,(H,12,13). The number of nitrogens with zero attached hydrogens (tertiary/aromatic N) is 1. The van der Waals surface area contributed by atoms with Crippen LogP contribution in [0.2, 0.25) is 0 Å². The zero-order valence-corrected chi connectivity index (χ0v) is 10.3. The summed E-state index contributed by atoms with van der Waals surface area (Å²) in [5.74, 6) is 0.140. The van der Waals surface area contributed by atoms with Crippen molar-refractivity contribution in [2.24, 2.45) is 0 Å². The molecule has 0 saturated heterocycles. The molecular weight excluding hydrogens is 276 g/mol. The zero-order chi connectivity index (χ0) is 11.7. The minimum absolute atomic E-state index is 0.309. The van der Waals surface area contributed by atoms with Crippen LogP contribution in [0.4, 0.5) is 0 Å². The van der Waals surface area contributed by atoms with Gasteiger partial charge in [-0.15, -0.1) is 0 Å². The van der Waals surface area contributed by atoms with Gasteiger partial charge in [0.2, 0.25) is 0 Å². The third-order valence-corrected chi connectivity index (χ3v) is 2.89. The molecule has 1 N–H and O–H groups in total. The third kappa shape index (κ3) is 1.55. The highest BCUT2D eigenvalue weighted by Gasteiger charge is 2.18. The van der Waals surface area contributed by atoms with E-state index in [1.165, 1.54) is 7.11 Å². The maximum atomic E-state index is 11.5. The van der Waals surface area contributed by atoms with E-state index in [1.807, 2.05) is 0 Å². The number of nitrogens with one attached hydrogen (secondary N) is 1. The van der Waals surface area contributed by atoms with Crippen molar-refractivity contribution in [2.75, 3.05) is 14.2 Å². The van der Waals surface area contributed by atoms with E-state index < -0.39 is 5.97 Å². The molecule has 0 aliphatic heterocycles. The maximum Gasteiger partial charge on any atom is 0.356 e. The largest absolute Gasteiger partial charge is 0.494 e. The van der Waals surface area contributed by atoms with Crippen LogP contribution in [0.1, 0.15) is 10.5 Å². The van der Waals surface area contributed by atoms with Gasteiger partial charge in [-0.3, -0.25) is 5.10 Å². The van der Waals surface area contributed by atoms with Crippen molar-refractivity contribution in [3.63, 3.8) is 0 Å². The summed E-state index contributed by atoms with van der Waals surface area (Å²) < 4.78 is 10.6. The first-order valence-corrected chi connectivity index (χ1v) is 5.27. The molecule has 0 unspecified atom stereocenters. The molecule has 0 spiro atoms. The number of H-pyrrole nitrogens is 1. The molecule has 5 nitrogen and oxygen atoms in total. The molecule has 2 aromatic rings. The molecule has 0 aliphatic carbocycles. The summed E-state index contributed by atoms with van der Waals surface area (Å²) in [6.07, 6.45) is 0. The number of rotatable bonds is 2. The van der Waals surface area contributed by atoms with Gasteiger partial charge in [0.05, 0.1) is 19.6 Å². The highest BCUT2D eigenvalue weighted by Crippen LogP contribution is 2.32. The number of hydrogen-bond acceptors (Lipinski definition) is 4. The van der Waals surface area contributed by atoms with Gasteiger partial charge in [0.1, 0.15) is 11.3 Å². The summed E-state index contributed by atoms with van der Waals surface area (Å²) in [5.41, 5.74) is 0.903. The number of aromatic nitrogens is 2. The van der Waals surface area contributed by atoms with Gasteiger partial charge in [-0.1, -0.05) is 15.9 Å². The topological polar surface area (TPSA) is 64.2 Å². The number of benzene rings is 1. The number of carbonyl (C=O) groups is 1. The Morgan fingerprint density at radius 2 is 2.19 bits per heavy atom. The van der Waals surface area contributed by atoms with E-state index in [9.17, 15) is 4.79 Å². The second-order valence-corrected chi connectivity index (χ2v) is 3.92. The molecule has 0 aliphatic rings. The van der Waals surface area contributed by atoms with Crippen LogP contribution >= 0.6 is 15.9 Å². The summed E-state index contributed by atoms with van der Waals surface area (Å²) in [6, 6.07) is 3.57. The van der Waals surface area contributed by atoms with Gasteiger partial charge in [0.15, 0.2) is 5.69 Å². The van der Waals surface area contributed by atoms with Crippen molar-refractivity contribution >= 4 is 32.8 Å². The molecule has 1 heterocycles. The number of carbonyl (C=O) groups excluding carboxylic acids is 1. The van der Waals surface area contributed by atoms with Crippen molar-refractivity contribution in [1.82, 2.24) is 10.2 Å². The van der Waals surface area contributed by atoms with Gasteiger partial charge in [-0.05, 0) is 12.1 Å². The molecule has 0 saturated carbocycles. The number of ether oxygens (including phenoxy) is 2. The average molecular weight is 285 g/mol. The molecule has 0 radical (unpaired) electrons. The first kappa shape index (κ1) is 10.9. The minimum Gasteiger partial charge on any atom is -0.494 e. The molecule has 2 rings (SSSR count). The van der Waals surface area contributed by atoms with Crippen LogP contribution in [0.3, 0.4) is 0 Å². The van der Waals surface area contributed by atoms with Crippen molar-refractivity contribution < 1.29 is 14.3 Å². The van der Waals surface area contributed by atoms with Crippen LogP contribution in [-0.2, 0) is 4.74 Å². The Hall–Kier alpha value is -1.56. The third-order valence-electron chi connectivity index (χ3n) is 2.23. The van der Waals surface area contributed by atoms with Gasteiger partial charge < -0.3 is 9.47 Å². The van der Waals surface area contributed by atoms with Gasteiger partial charge in [-0.25, -0.2) is 4.79 Å². The Balaban J connectivity index is 2.75. The van der Waals surface area contributed by atoms with E-state index in [0.29, 0.717) is 22.3 Å². The normalized spacial score (nSPS) is 10.4. The van der Waals surface area contributed by atoms with E-state index in [-0.39, 0.29) is 0 Å². The predicted octanol–water partition coefficient (Wildman–Crippen LogP) is 2.12. The van der Waals surface area contributed by atoms with Crippen LogP contribution in [0.15, 0.2) is 16.6 Å². The number of aromatic amines is 1. The highest BCUT2D eigenvalue weighted by molar-refractivity contribution is 9.10. The zero-order valence-electron chi connectivity index (χ0n) is 8.70. The molecule has 0 atom stereocenters. The fraction of sp³-hybridized carbons (Fsp3) is 0.200. The SMILES string of the molecule is COC(=O)c1[nH]nc2c(OC)ccc(Br)c12. The lowest BCUT2D eigenvalue weighted by Crippen LogP contribution is -2.02. The average Bonchev–Trinajstić information content (AvgIpc) is 2.74. The van der Waals surface area contributed by atoms with Gasteiger partial charge in [0.25, 0.3) is 0 Å². The van der Waals surface area contributed by atoms with Crippen molar-refractivity contribution in [3.05, 3.63) is 22.3 Å². The van der Waals surface area contributed by atoms with E-state index in [0.717, 1.165) is 4.47 Å². The Bertz CT molecular complexity index is 550. The van der Waals surface area contributed by atoms with Crippen molar-refractivity contribution in [1.29, 1.82) is 0 Å². The minimum atomic E-state index is -0.462. The number of halogens is 1. The van der Waals surface area contributed by atoms with E-state index in [1.54, 1.807) is 19.2 Å². The molecule has 0 bridgehead atoms.